The van der Waals surface area contributed by atoms with Crippen molar-refractivity contribution in [3.8, 4) is 56.9 Å². The second-order valence-corrected chi connectivity index (χ2v) is 14.3. The van der Waals surface area contributed by atoms with E-state index in [4.69, 9.17) is 29.3 Å². The van der Waals surface area contributed by atoms with Crippen LogP contribution in [-0.2, 0) is 0 Å². The van der Waals surface area contributed by atoms with Crippen molar-refractivity contribution in [2.24, 2.45) is 0 Å². The Bertz CT molecular complexity index is 3210. The molecular weight excluding hydrogens is 683 g/mol. The predicted octanol–water partition coefficient (Wildman–Crippen LogP) is 12.4. The largest absolute Gasteiger partial charge is 0.436 e. The zero-order chi connectivity index (χ0) is 35.6. The highest BCUT2D eigenvalue weighted by Gasteiger charge is 2.19. The second-order valence-electron chi connectivity index (χ2n) is 13.2. The highest BCUT2D eigenvalue weighted by Crippen LogP contribution is 2.41. The van der Waals surface area contributed by atoms with Crippen LogP contribution in [0.1, 0.15) is 0 Å². The first-order valence-corrected chi connectivity index (χ1v) is 18.6. The summed E-state index contributed by atoms with van der Waals surface area (Å²) in [6.07, 6.45) is 0. The smallest absolute Gasteiger partial charge is 0.227 e. The van der Waals surface area contributed by atoms with E-state index in [0.29, 0.717) is 23.4 Å². The first kappa shape index (κ1) is 30.5. The molecule has 7 aromatic carbocycles. The minimum atomic E-state index is 0.597. The third-order valence-corrected chi connectivity index (χ3v) is 11.1. The lowest BCUT2D eigenvalue weighted by atomic mass is 9.98. The molecule has 4 heterocycles. The van der Waals surface area contributed by atoms with Gasteiger partial charge in [0.1, 0.15) is 5.52 Å². The predicted molar refractivity (Wildman–Crippen MR) is 220 cm³/mol. The van der Waals surface area contributed by atoms with Crippen molar-refractivity contribution in [3.63, 3.8) is 0 Å². The van der Waals surface area contributed by atoms with Gasteiger partial charge in [0.15, 0.2) is 23.1 Å². The van der Waals surface area contributed by atoms with Gasteiger partial charge in [0, 0.05) is 64.1 Å². The number of para-hydroxylation sites is 1. The molecule has 6 nitrogen and oxygen atoms in total. The molecule has 0 unspecified atom stereocenters. The number of hydrogen-bond donors (Lipinski definition) is 0. The maximum absolute atomic E-state index is 6.29. The molecule has 4 aromatic heterocycles. The Kier molecular flexibility index (Phi) is 6.93. The van der Waals surface area contributed by atoms with Crippen LogP contribution in [0.4, 0.5) is 0 Å². The summed E-state index contributed by atoms with van der Waals surface area (Å²) in [6, 6.07) is 55.7. The van der Waals surface area contributed by atoms with Gasteiger partial charge in [0.25, 0.3) is 0 Å². The molecule has 11 aromatic rings. The Balaban J connectivity index is 1.07. The lowest BCUT2D eigenvalue weighted by molar-refractivity contribution is 0.620. The topological polar surface area (TPSA) is 77.6 Å². The van der Waals surface area contributed by atoms with Crippen LogP contribution in [0.25, 0.3) is 110 Å². The highest BCUT2D eigenvalue weighted by atomic mass is 32.1. The van der Waals surface area contributed by atoms with E-state index in [2.05, 4.69) is 84.9 Å². The highest BCUT2D eigenvalue weighted by molar-refractivity contribution is 7.25. The van der Waals surface area contributed by atoms with E-state index in [0.717, 1.165) is 71.7 Å². The summed E-state index contributed by atoms with van der Waals surface area (Å²) < 4.78 is 8.74. The lowest BCUT2D eigenvalue weighted by Crippen LogP contribution is -2.00. The van der Waals surface area contributed by atoms with Crippen molar-refractivity contribution >= 4 is 64.3 Å². The quantitative estimate of drug-likeness (QED) is 0.166. The van der Waals surface area contributed by atoms with Crippen LogP contribution in [0.5, 0.6) is 0 Å². The van der Waals surface area contributed by atoms with Gasteiger partial charge >= 0.3 is 0 Å². The molecule has 54 heavy (non-hydrogen) atoms. The van der Waals surface area contributed by atoms with Crippen molar-refractivity contribution in [1.29, 1.82) is 0 Å². The maximum atomic E-state index is 6.29. The number of benzene rings is 7. The van der Waals surface area contributed by atoms with E-state index < -0.39 is 0 Å². The van der Waals surface area contributed by atoms with E-state index in [1.807, 2.05) is 78.9 Å². The van der Waals surface area contributed by atoms with Gasteiger partial charge in [-0.05, 0) is 42.5 Å². The minimum Gasteiger partial charge on any atom is -0.436 e. The summed E-state index contributed by atoms with van der Waals surface area (Å²) in [6.45, 7) is 0. The fourth-order valence-corrected chi connectivity index (χ4v) is 8.56. The van der Waals surface area contributed by atoms with E-state index in [9.17, 15) is 0 Å². The molecular formula is C47H27N5OS. The monoisotopic (exact) mass is 709 g/mol. The Morgan fingerprint density at radius 3 is 1.81 bits per heavy atom. The summed E-state index contributed by atoms with van der Waals surface area (Å²) >= 11 is 1.79. The van der Waals surface area contributed by atoms with Crippen molar-refractivity contribution < 1.29 is 4.42 Å². The van der Waals surface area contributed by atoms with Gasteiger partial charge in [-0.2, -0.15) is 0 Å². The van der Waals surface area contributed by atoms with Crippen LogP contribution in [0.3, 0.4) is 0 Å². The summed E-state index contributed by atoms with van der Waals surface area (Å²) in [5, 5.41) is 5.43. The van der Waals surface area contributed by atoms with Crippen molar-refractivity contribution in [2.45, 2.75) is 0 Å². The van der Waals surface area contributed by atoms with Gasteiger partial charge in [-0.25, -0.2) is 24.9 Å². The summed E-state index contributed by atoms with van der Waals surface area (Å²) in [4.78, 5) is 25.5. The molecule has 0 atom stereocenters. The van der Waals surface area contributed by atoms with Crippen molar-refractivity contribution in [2.75, 3.05) is 0 Å². The number of oxazole rings is 1. The van der Waals surface area contributed by atoms with Gasteiger partial charge < -0.3 is 4.42 Å². The molecule has 0 N–H and O–H groups in total. The first-order valence-electron chi connectivity index (χ1n) is 17.8. The van der Waals surface area contributed by atoms with Gasteiger partial charge in [0.05, 0.1) is 11.2 Å². The third kappa shape index (κ3) is 4.98. The first-order chi connectivity index (χ1) is 26.7. The minimum absolute atomic E-state index is 0.597. The number of thiophene rings is 1. The van der Waals surface area contributed by atoms with Gasteiger partial charge in [-0.1, -0.05) is 121 Å². The standard InChI is InChI=1S/C47H27N5OS/c1-3-12-29(13-4-1)44-50-45(52-46(51-44)35-18-11-21-39-40(35)33-17-8-10-20-38(33)54-39)30-24-22-28(23-25-30)42-34-26-27-37-43(41(34)32-16-7-9-19-36(32)48-42)49-47(53-37)31-14-5-2-6-15-31/h1-27H. The molecule has 0 amide bonds. The Hall–Kier alpha value is -7.09. The number of aromatic nitrogens is 5. The molecule has 7 heteroatoms. The fraction of sp³-hybridized carbons (Fsp3) is 0. The van der Waals surface area contributed by atoms with Crippen LogP contribution in [0, 0.1) is 0 Å². The molecule has 0 spiro atoms. The zero-order valence-electron chi connectivity index (χ0n) is 28.6. The van der Waals surface area contributed by atoms with E-state index in [-0.39, 0.29) is 0 Å². The van der Waals surface area contributed by atoms with Crippen LogP contribution in [0.2, 0.25) is 0 Å². The molecule has 0 fully saturated rings. The molecule has 0 radical (unpaired) electrons. The molecule has 0 aliphatic heterocycles. The van der Waals surface area contributed by atoms with Gasteiger partial charge in [-0.15, -0.1) is 11.3 Å². The van der Waals surface area contributed by atoms with E-state index in [1.165, 1.54) is 14.8 Å². The molecule has 0 saturated carbocycles. The zero-order valence-corrected chi connectivity index (χ0v) is 29.5. The normalized spacial score (nSPS) is 11.7. The molecule has 0 saturated heterocycles. The Morgan fingerprint density at radius 2 is 1.02 bits per heavy atom. The third-order valence-electron chi connectivity index (χ3n) is 9.97. The average Bonchev–Trinajstić information content (AvgIpc) is 3.86. The Labute approximate surface area is 313 Å². The van der Waals surface area contributed by atoms with Crippen LogP contribution < -0.4 is 0 Å². The molecule has 0 aliphatic carbocycles. The second kappa shape index (κ2) is 12.3. The lowest BCUT2D eigenvalue weighted by Gasteiger charge is -2.12. The molecule has 0 aliphatic rings. The number of pyridine rings is 1. The van der Waals surface area contributed by atoms with Crippen molar-refractivity contribution in [1.82, 2.24) is 24.9 Å². The number of rotatable bonds is 5. The number of fused-ring (bicyclic) bond motifs is 8. The summed E-state index contributed by atoms with van der Waals surface area (Å²) in [7, 11) is 0. The SMILES string of the molecule is c1ccc(-c2nc(-c3ccc(-c4nc5ccccc5c5c4ccc4oc(-c6ccccc6)nc45)cc3)nc(-c3cccc4sc5ccccc5c34)n2)cc1. The van der Waals surface area contributed by atoms with Crippen LogP contribution in [-0.4, -0.2) is 24.9 Å². The molecule has 11 rings (SSSR count). The summed E-state index contributed by atoms with van der Waals surface area (Å²) in [5.41, 5.74) is 8.06. The van der Waals surface area contributed by atoms with Crippen LogP contribution in [0.15, 0.2) is 168 Å². The maximum Gasteiger partial charge on any atom is 0.227 e. The average molecular weight is 710 g/mol. The number of nitrogens with zero attached hydrogens (tertiary/aromatic N) is 5. The van der Waals surface area contributed by atoms with Gasteiger partial charge in [0.2, 0.25) is 5.89 Å². The van der Waals surface area contributed by atoms with Gasteiger partial charge in [-0.3, -0.25) is 0 Å². The number of hydrogen-bond acceptors (Lipinski definition) is 7. The van der Waals surface area contributed by atoms with Crippen molar-refractivity contribution in [3.05, 3.63) is 164 Å². The molecule has 252 valence electrons. The fourth-order valence-electron chi connectivity index (χ4n) is 7.43. The van der Waals surface area contributed by atoms with Crippen LogP contribution >= 0.6 is 11.3 Å². The Morgan fingerprint density at radius 1 is 0.389 bits per heavy atom. The molecule has 0 bridgehead atoms. The van der Waals surface area contributed by atoms with E-state index in [1.54, 1.807) is 11.3 Å². The van der Waals surface area contributed by atoms with E-state index >= 15 is 0 Å². The summed E-state index contributed by atoms with van der Waals surface area (Å²) in [5.74, 6) is 2.48.